The summed E-state index contributed by atoms with van der Waals surface area (Å²) in [5, 5.41) is 10.0. The van der Waals surface area contributed by atoms with Crippen molar-refractivity contribution in [3.63, 3.8) is 0 Å². The van der Waals surface area contributed by atoms with Crippen molar-refractivity contribution in [3.8, 4) is 5.75 Å². The summed E-state index contributed by atoms with van der Waals surface area (Å²) in [6.07, 6.45) is -4.13. The third-order valence-electron chi connectivity index (χ3n) is 3.40. The van der Waals surface area contributed by atoms with E-state index in [1.165, 1.54) is 12.1 Å². The number of sulfonamides is 1. The molecule has 1 heterocycles. The van der Waals surface area contributed by atoms with E-state index in [1.807, 2.05) is 0 Å². The maximum Gasteiger partial charge on any atom is 0.573 e. The molecule has 1 atom stereocenters. The van der Waals surface area contributed by atoms with Gasteiger partial charge in [-0.05, 0) is 30.7 Å². The number of nitrogens with one attached hydrogen (secondary N) is 1. The quantitative estimate of drug-likeness (QED) is 0.775. The highest BCUT2D eigenvalue weighted by Gasteiger charge is 2.33. The Morgan fingerprint density at radius 3 is 2.52 bits per heavy atom. The minimum atomic E-state index is -5.01. The van der Waals surface area contributed by atoms with Gasteiger partial charge in [-0.2, -0.15) is 0 Å². The van der Waals surface area contributed by atoms with Crippen LogP contribution in [0, 0.1) is 0 Å². The smallest absolute Gasteiger partial charge is 0.404 e. The van der Waals surface area contributed by atoms with Gasteiger partial charge in [0.15, 0.2) is 0 Å². The molecule has 0 aliphatic carbocycles. The van der Waals surface area contributed by atoms with Crippen molar-refractivity contribution < 1.29 is 31.4 Å². The van der Waals surface area contributed by atoms with Crippen molar-refractivity contribution in [2.75, 3.05) is 6.54 Å². The number of aryl methyl sites for hydroxylation is 1. The molecule has 2 aromatic rings. The molecule has 0 spiro atoms. The highest BCUT2D eigenvalue weighted by molar-refractivity contribution is 7.89. The van der Waals surface area contributed by atoms with Gasteiger partial charge in [0.05, 0.1) is 6.10 Å². The van der Waals surface area contributed by atoms with Gasteiger partial charge in [0, 0.05) is 25.5 Å². The SMILES string of the molecule is Cn1cccc1[C@@H](O)CCNS(=O)(=O)c1ccccc1OC(F)(F)F. The summed E-state index contributed by atoms with van der Waals surface area (Å²) in [4.78, 5) is -0.624. The number of aliphatic hydroxyl groups is 1. The number of aliphatic hydroxyl groups excluding tert-OH is 1. The van der Waals surface area contributed by atoms with Crippen LogP contribution in [0.3, 0.4) is 0 Å². The minimum Gasteiger partial charge on any atom is -0.404 e. The average molecular weight is 378 g/mol. The first-order chi connectivity index (χ1) is 11.6. The van der Waals surface area contributed by atoms with Crippen molar-refractivity contribution in [2.45, 2.75) is 23.8 Å². The Morgan fingerprint density at radius 1 is 1.24 bits per heavy atom. The molecule has 1 aromatic heterocycles. The zero-order chi connectivity index (χ0) is 18.7. The van der Waals surface area contributed by atoms with E-state index in [-0.39, 0.29) is 13.0 Å². The van der Waals surface area contributed by atoms with Crippen LogP contribution in [0.2, 0.25) is 0 Å². The molecule has 0 saturated carbocycles. The van der Waals surface area contributed by atoms with Crippen LogP contribution in [0.25, 0.3) is 0 Å². The van der Waals surface area contributed by atoms with Crippen molar-refractivity contribution in [3.05, 3.63) is 48.3 Å². The standard InChI is InChI=1S/C15H17F3N2O4S/c1-20-10-4-5-11(20)12(21)8-9-19-25(22,23)14-7-3-2-6-13(14)24-15(16,17)18/h2-7,10,12,19,21H,8-9H2,1H3/t12-/m0/s1. The van der Waals surface area contributed by atoms with Gasteiger partial charge in [-0.3, -0.25) is 0 Å². The molecule has 25 heavy (non-hydrogen) atoms. The third-order valence-corrected chi connectivity index (χ3v) is 4.90. The van der Waals surface area contributed by atoms with Crippen LogP contribution in [0.5, 0.6) is 5.75 Å². The van der Waals surface area contributed by atoms with E-state index in [0.29, 0.717) is 5.69 Å². The fourth-order valence-corrected chi connectivity index (χ4v) is 3.43. The number of hydrogen-bond acceptors (Lipinski definition) is 4. The van der Waals surface area contributed by atoms with Crippen LogP contribution in [0.15, 0.2) is 47.5 Å². The Hall–Kier alpha value is -2.04. The first kappa shape index (κ1) is 19.3. The molecular formula is C15H17F3N2O4S. The Bertz CT molecular complexity index is 818. The maximum absolute atomic E-state index is 12.4. The van der Waals surface area contributed by atoms with Crippen LogP contribution in [-0.2, 0) is 17.1 Å². The first-order valence-electron chi connectivity index (χ1n) is 7.24. The summed E-state index contributed by atoms with van der Waals surface area (Å²) in [5.41, 5.74) is 0.597. The molecule has 0 amide bonds. The topological polar surface area (TPSA) is 80.6 Å². The first-order valence-corrected chi connectivity index (χ1v) is 8.72. The van der Waals surface area contributed by atoms with Gasteiger partial charge in [0.25, 0.3) is 0 Å². The van der Waals surface area contributed by atoms with E-state index in [9.17, 15) is 26.7 Å². The molecule has 0 saturated heterocycles. The van der Waals surface area contributed by atoms with Gasteiger partial charge >= 0.3 is 6.36 Å². The largest absolute Gasteiger partial charge is 0.573 e. The second-order valence-corrected chi connectivity index (χ2v) is 6.98. The zero-order valence-corrected chi connectivity index (χ0v) is 14.0. The fourth-order valence-electron chi connectivity index (χ4n) is 2.26. The lowest BCUT2D eigenvalue weighted by molar-refractivity contribution is -0.275. The molecule has 0 aliphatic rings. The Kier molecular flexibility index (Phi) is 5.76. The van der Waals surface area contributed by atoms with E-state index in [2.05, 4.69) is 9.46 Å². The number of nitrogens with zero attached hydrogens (tertiary/aromatic N) is 1. The van der Waals surface area contributed by atoms with Crippen LogP contribution < -0.4 is 9.46 Å². The third kappa shape index (κ3) is 5.21. The number of rotatable bonds is 7. The molecule has 0 fully saturated rings. The predicted octanol–water partition coefficient (Wildman–Crippen LogP) is 2.33. The van der Waals surface area contributed by atoms with Gasteiger partial charge in [-0.25, -0.2) is 13.1 Å². The Balaban J connectivity index is 2.06. The second kappa shape index (κ2) is 7.46. The van der Waals surface area contributed by atoms with Crippen molar-refractivity contribution >= 4 is 10.0 Å². The van der Waals surface area contributed by atoms with Gasteiger partial charge in [-0.15, -0.1) is 13.2 Å². The van der Waals surface area contributed by atoms with Gasteiger partial charge in [0.1, 0.15) is 10.6 Å². The van der Waals surface area contributed by atoms with Crippen molar-refractivity contribution in [2.24, 2.45) is 7.05 Å². The number of alkyl halides is 3. The monoisotopic (exact) mass is 378 g/mol. The normalized spacial score (nSPS) is 13.6. The van der Waals surface area contributed by atoms with Crippen LogP contribution >= 0.6 is 0 Å². The van der Waals surface area contributed by atoms with Gasteiger partial charge < -0.3 is 14.4 Å². The fraction of sp³-hybridized carbons (Fsp3) is 0.333. The van der Waals surface area contributed by atoms with Crippen LogP contribution in [0.1, 0.15) is 18.2 Å². The molecule has 6 nitrogen and oxygen atoms in total. The maximum atomic E-state index is 12.4. The molecular weight excluding hydrogens is 361 g/mol. The summed E-state index contributed by atoms with van der Waals surface area (Å²) in [7, 11) is -2.50. The molecule has 0 unspecified atom stereocenters. The molecule has 1 aromatic carbocycles. The Labute approximate surface area is 142 Å². The summed E-state index contributed by atoms with van der Waals surface area (Å²) < 4.78 is 69.2. The van der Waals surface area contributed by atoms with E-state index in [4.69, 9.17) is 0 Å². The van der Waals surface area contributed by atoms with Crippen LogP contribution in [-0.4, -0.2) is 31.0 Å². The van der Waals surface area contributed by atoms with E-state index in [1.54, 1.807) is 29.9 Å². The predicted molar refractivity (Wildman–Crippen MR) is 83.3 cm³/mol. The summed E-state index contributed by atoms with van der Waals surface area (Å²) >= 11 is 0. The van der Waals surface area contributed by atoms with Gasteiger partial charge in [-0.1, -0.05) is 12.1 Å². The number of halogens is 3. The van der Waals surface area contributed by atoms with E-state index >= 15 is 0 Å². The Morgan fingerprint density at radius 2 is 1.92 bits per heavy atom. The van der Waals surface area contributed by atoms with Gasteiger partial charge in [0.2, 0.25) is 10.0 Å². The molecule has 10 heteroatoms. The lowest BCUT2D eigenvalue weighted by Crippen LogP contribution is -2.27. The molecule has 2 rings (SSSR count). The number of ether oxygens (including phenoxy) is 1. The van der Waals surface area contributed by atoms with Crippen LogP contribution in [0.4, 0.5) is 13.2 Å². The summed E-state index contributed by atoms with van der Waals surface area (Å²) in [6.45, 7) is -0.158. The summed E-state index contributed by atoms with van der Waals surface area (Å²) in [6, 6.07) is 7.87. The van der Waals surface area contributed by atoms with E-state index in [0.717, 1.165) is 12.1 Å². The highest BCUT2D eigenvalue weighted by Crippen LogP contribution is 2.29. The number of benzene rings is 1. The number of hydrogen-bond donors (Lipinski definition) is 2. The summed E-state index contributed by atoms with van der Waals surface area (Å²) in [5.74, 6) is -0.814. The minimum absolute atomic E-state index is 0.0549. The zero-order valence-electron chi connectivity index (χ0n) is 13.2. The lowest BCUT2D eigenvalue weighted by Gasteiger charge is -2.15. The second-order valence-electron chi connectivity index (χ2n) is 5.24. The van der Waals surface area contributed by atoms with Crippen molar-refractivity contribution in [1.29, 1.82) is 0 Å². The molecule has 138 valence electrons. The van der Waals surface area contributed by atoms with E-state index < -0.39 is 33.1 Å². The molecule has 2 N–H and O–H groups in total. The molecule has 0 radical (unpaired) electrons. The lowest BCUT2D eigenvalue weighted by atomic mass is 10.2. The molecule has 0 aliphatic heterocycles. The number of aromatic nitrogens is 1. The van der Waals surface area contributed by atoms with Crippen molar-refractivity contribution in [1.82, 2.24) is 9.29 Å². The number of para-hydroxylation sites is 1. The average Bonchev–Trinajstić information content (AvgIpc) is 2.92. The highest BCUT2D eigenvalue weighted by atomic mass is 32.2. The molecule has 0 bridgehead atoms.